The summed E-state index contributed by atoms with van der Waals surface area (Å²) in [6.07, 6.45) is 1.14. The molecule has 2 aromatic carbocycles. The third kappa shape index (κ3) is 4.00. The van der Waals surface area contributed by atoms with E-state index in [9.17, 15) is 0 Å². The lowest BCUT2D eigenvalue weighted by Gasteiger charge is -2.07. The van der Waals surface area contributed by atoms with Gasteiger partial charge in [0.05, 0.1) is 5.69 Å². The molecule has 0 radical (unpaired) electrons. The van der Waals surface area contributed by atoms with E-state index >= 15 is 0 Å². The van der Waals surface area contributed by atoms with Crippen LogP contribution in [0, 0.1) is 0 Å². The number of hydrogen-bond donors (Lipinski definition) is 2. The van der Waals surface area contributed by atoms with E-state index in [-0.39, 0.29) is 0 Å². The lowest BCUT2D eigenvalue weighted by atomic mass is 10.1. The molecule has 0 spiro atoms. The SMILES string of the molecule is Nc1cc(CN[C@@H]2C[C@H]2c2ccc(OCc3ccccc3)cc2)no1. The predicted molar refractivity (Wildman–Crippen MR) is 96.1 cm³/mol. The summed E-state index contributed by atoms with van der Waals surface area (Å²) >= 11 is 0. The van der Waals surface area contributed by atoms with E-state index in [2.05, 4.69) is 34.7 Å². The average Bonchev–Trinajstić information content (AvgIpc) is 3.32. The first-order chi connectivity index (χ1) is 12.3. The molecule has 1 aliphatic rings. The second kappa shape index (κ2) is 6.99. The zero-order chi connectivity index (χ0) is 17.1. The molecule has 0 aliphatic heterocycles. The molecule has 4 rings (SSSR count). The summed E-state index contributed by atoms with van der Waals surface area (Å²) in [5.74, 6) is 1.80. The number of anilines is 1. The van der Waals surface area contributed by atoms with Crippen LogP contribution in [0.2, 0.25) is 0 Å². The van der Waals surface area contributed by atoms with Crippen LogP contribution in [0.15, 0.2) is 65.2 Å². The molecule has 1 fully saturated rings. The Bertz CT molecular complexity index is 814. The van der Waals surface area contributed by atoms with Gasteiger partial charge in [-0.3, -0.25) is 0 Å². The van der Waals surface area contributed by atoms with E-state index in [4.69, 9.17) is 15.0 Å². The molecule has 0 bridgehead atoms. The van der Waals surface area contributed by atoms with Gasteiger partial charge in [-0.25, -0.2) is 0 Å². The van der Waals surface area contributed by atoms with Crippen molar-refractivity contribution in [2.24, 2.45) is 0 Å². The zero-order valence-electron chi connectivity index (χ0n) is 13.9. The van der Waals surface area contributed by atoms with Crippen molar-refractivity contribution in [1.82, 2.24) is 10.5 Å². The maximum Gasteiger partial charge on any atom is 0.222 e. The van der Waals surface area contributed by atoms with Crippen molar-refractivity contribution >= 4 is 5.88 Å². The largest absolute Gasteiger partial charge is 0.489 e. The van der Waals surface area contributed by atoms with Gasteiger partial charge in [-0.15, -0.1) is 0 Å². The quantitative estimate of drug-likeness (QED) is 0.691. The van der Waals surface area contributed by atoms with Crippen molar-refractivity contribution in [3.63, 3.8) is 0 Å². The van der Waals surface area contributed by atoms with E-state index < -0.39 is 0 Å². The molecule has 5 nitrogen and oxygen atoms in total. The lowest BCUT2D eigenvalue weighted by Crippen LogP contribution is -2.17. The van der Waals surface area contributed by atoms with Gasteiger partial charge in [-0.1, -0.05) is 47.6 Å². The summed E-state index contributed by atoms with van der Waals surface area (Å²) in [6.45, 7) is 1.27. The molecule has 0 unspecified atom stereocenters. The Morgan fingerprint density at radius 3 is 2.64 bits per heavy atom. The van der Waals surface area contributed by atoms with Gasteiger partial charge in [-0.05, 0) is 29.7 Å². The van der Waals surface area contributed by atoms with Crippen LogP contribution in [-0.2, 0) is 13.2 Å². The minimum absolute atomic E-state index is 0.357. The Morgan fingerprint density at radius 1 is 1.12 bits per heavy atom. The highest BCUT2D eigenvalue weighted by molar-refractivity contribution is 5.34. The van der Waals surface area contributed by atoms with Crippen LogP contribution in [0.1, 0.15) is 29.2 Å². The molecule has 3 N–H and O–H groups in total. The first-order valence-corrected chi connectivity index (χ1v) is 8.49. The van der Waals surface area contributed by atoms with Crippen LogP contribution < -0.4 is 15.8 Å². The number of rotatable bonds is 7. The van der Waals surface area contributed by atoms with Crippen LogP contribution in [0.4, 0.5) is 5.88 Å². The normalized spacial score (nSPS) is 18.9. The molecule has 25 heavy (non-hydrogen) atoms. The van der Waals surface area contributed by atoms with Gasteiger partial charge < -0.3 is 20.3 Å². The van der Waals surface area contributed by atoms with Gasteiger partial charge in [0.15, 0.2) is 0 Å². The summed E-state index contributed by atoms with van der Waals surface area (Å²) in [6, 6.07) is 20.8. The molecule has 3 aromatic rings. The van der Waals surface area contributed by atoms with Crippen LogP contribution in [0.3, 0.4) is 0 Å². The van der Waals surface area contributed by atoms with Gasteiger partial charge in [0.1, 0.15) is 12.4 Å². The van der Waals surface area contributed by atoms with Gasteiger partial charge in [0.2, 0.25) is 5.88 Å². The van der Waals surface area contributed by atoms with Gasteiger partial charge >= 0.3 is 0 Å². The van der Waals surface area contributed by atoms with E-state index in [1.165, 1.54) is 11.1 Å². The number of aromatic nitrogens is 1. The number of hydrogen-bond acceptors (Lipinski definition) is 5. The summed E-state index contributed by atoms with van der Waals surface area (Å²) in [5, 5.41) is 7.38. The Morgan fingerprint density at radius 2 is 1.92 bits per heavy atom. The van der Waals surface area contributed by atoms with Crippen molar-refractivity contribution in [3.05, 3.63) is 77.5 Å². The highest BCUT2D eigenvalue weighted by atomic mass is 16.5. The first-order valence-electron chi connectivity index (χ1n) is 8.49. The summed E-state index contributed by atoms with van der Waals surface area (Å²) < 4.78 is 10.7. The second-order valence-corrected chi connectivity index (χ2v) is 6.39. The van der Waals surface area contributed by atoms with Gasteiger partial charge in [0, 0.05) is 24.6 Å². The van der Waals surface area contributed by atoms with E-state index in [0.717, 1.165) is 17.9 Å². The third-order valence-electron chi connectivity index (χ3n) is 4.47. The van der Waals surface area contributed by atoms with Crippen LogP contribution >= 0.6 is 0 Å². The van der Waals surface area contributed by atoms with Gasteiger partial charge in [0.25, 0.3) is 0 Å². The monoisotopic (exact) mass is 335 g/mol. The number of nitrogens with two attached hydrogens (primary N) is 1. The smallest absolute Gasteiger partial charge is 0.222 e. The molecule has 0 saturated heterocycles. The van der Waals surface area contributed by atoms with Crippen molar-refractivity contribution in [1.29, 1.82) is 0 Å². The van der Waals surface area contributed by atoms with Gasteiger partial charge in [-0.2, -0.15) is 0 Å². The first kappa shape index (κ1) is 15.7. The summed E-state index contributed by atoms with van der Waals surface area (Å²) in [4.78, 5) is 0. The number of benzene rings is 2. The van der Waals surface area contributed by atoms with Crippen molar-refractivity contribution < 1.29 is 9.26 Å². The molecule has 1 saturated carbocycles. The molecule has 128 valence electrons. The van der Waals surface area contributed by atoms with Crippen LogP contribution in [-0.4, -0.2) is 11.2 Å². The Labute approximate surface area is 146 Å². The van der Waals surface area contributed by atoms with E-state index in [1.807, 2.05) is 30.3 Å². The molecule has 1 heterocycles. The second-order valence-electron chi connectivity index (χ2n) is 6.39. The maximum atomic E-state index is 5.84. The fraction of sp³-hybridized carbons (Fsp3) is 0.250. The molecular formula is C20H21N3O2. The highest BCUT2D eigenvalue weighted by Gasteiger charge is 2.37. The van der Waals surface area contributed by atoms with E-state index in [1.54, 1.807) is 6.07 Å². The minimum atomic E-state index is 0.357. The fourth-order valence-corrected chi connectivity index (χ4v) is 2.99. The number of nitrogens with one attached hydrogen (secondary N) is 1. The van der Waals surface area contributed by atoms with E-state index in [0.29, 0.717) is 31.0 Å². The molecule has 5 heteroatoms. The van der Waals surface area contributed by atoms with Crippen molar-refractivity contribution in [2.75, 3.05) is 5.73 Å². The molecule has 1 aromatic heterocycles. The van der Waals surface area contributed by atoms with Crippen LogP contribution in [0.25, 0.3) is 0 Å². The van der Waals surface area contributed by atoms with Crippen molar-refractivity contribution in [3.8, 4) is 5.75 Å². The Hall–Kier alpha value is -2.79. The number of nitrogens with zero attached hydrogens (tertiary/aromatic N) is 1. The summed E-state index contributed by atoms with van der Waals surface area (Å²) in [5.41, 5.74) is 8.88. The Kier molecular flexibility index (Phi) is 4.39. The third-order valence-corrected chi connectivity index (χ3v) is 4.47. The maximum absolute atomic E-state index is 5.84. The number of nitrogen functional groups attached to an aromatic ring is 1. The summed E-state index contributed by atoms with van der Waals surface area (Å²) in [7, 11) is 0. The minimum Gasteiger partial charge on any atom is -0.489 e. The topological polar surface area (TPSA) is 73.3 Å². The van der Waals surface area contributed by atoms with Crippen LogP contribution in [0.5, 0.6) is 5.75 Å². The molecular weight excluding hydrogens is 314 g/mol. The molecule has 0 amide bonds. The Balaban J connectivity index is 1.26. The fourth-order valence-electron chi connectivity index (χ4n) is 2.99. The highest BCUT2D eigenvalue weighted by Crippen LogP contribution is 2.41. The number of ether oxygens (including phenoxy) is 1. The predicted octanol–water partition coefficient (Wildman–Crippen LogP) is 3.48. The lowest BCUT2D eigenvalue weighted by molar-refractivity contribution is 0.306. The average molecular weight is 335 g/mol. The van der Waals surface area contributed by atoms with Crippen molar-refractivity contribution in [2.45, 2.75) is 31.5 Å². The molecule has 1 aliphatic carbocycles. The standard InChI is InChI=1S/C20H21N3O2/c21-20-10-16(23-25-20)12-22-19-11-18(19)15-6-8-17(9-7-15)24-13-14-4-2-1-3-5-14/h1-10,18-19,22H,11-13,21H2/t18-,19+/m0/s1. The zero-order valence-corrected chi connectivity index (χ0v) is 13.9. The molecule has 2 atom stereocenters.